The third-order valence-corrected chi connectivity index (χ3v) is 6.04. The minimum atomic E-state index is 0.105. The Morgan fingerprint density at radius 1 is 1.38 bits per heavy atom. The molecule has 1 N–H and O–H groups in total. The molecule has 1 aliphatic rings. The van der Waals surface area contributed by atoms with Gasteiger partial charge in [0.1, 0.15) is 0 Å². The van der Waals surface area contributed by atoms with Crippen LogP contribution in [0.5, 0.6) is 0 Å². The first-order chi connectivity index (χ1) is 12.5. The number of aromatic nitrogens is 2. The zero-order chi connectivity index (χ0) is 18.5. The molecule has 3 heterocycles. The second-order valence-corrected chi connectivity index (χ2v) is 8.37. The lowest BCUT2D eigenvalue weighted by atomic mass is 9.96. The Morgan fingerprint density at radius 2 is 2.15 bits per heavy atom. The number of aryl methyl sites for hydroxylation is 3. The number of thiazole rings is 1. The minimum absolute atomic E-state index is 0.105. The molecule has 1 fully saturated rings. The molecule has 26 heavy (non-hydrogen) atoms. The van der Waals surface area contributed by atoms with Gasteiger partial charge in [0.2, 0.25) is 5.91 Å². The van der Waals surface area contributed by atoms with E-state index in [2.05, 4.69) is 33.3 Å². The summed E-state index contributed by atoms with van der Waals surface area (Å²) < 4.78 is 5.38. The van der Waals surface area contributed by atoms with Crippen molar-refractivity contribution in [1.82, 2.24) is 20.4 Å². The fraction of sp³-hybridized carbons (Fsp3) is 0.632. The number of nitrogens with zero attached hydrogens (tertiary/aromatic N) is 3. The van der Waals surface area contributed by atoms with Gasteiger partial charge in [-0.25, -0.2) is 4.98 Å². The van der Waals surface area contributed by atoms with Crippen molar-refractivity contribution >= 4 is 17.2 Å². The molecule has 2 aromatic heterocycles. The van der Waals surface area contributed by atoms with Crippen LogP contribution in [0.3, 0.4) is 0 Å². The highest BCUT2D eigenvalue weighted by Crippen LogP contribution is 2.20. The molecule has 1 saturated heterocycles. The number of piperidine rings is 1. The van der Waals surface area contributed by atoms with Gasteiger partial charge in [-0.05, 0) is 52.1 Å². The summed E-state index contributed by atoms with van der Waals surface area (Å²) in [6.07, 6.45) is 3.56. The summed E-state index contributed by atoms with van der Waals surface area (Å²) >= 11 is 1.62. The number of carbonyl (C=O) groups is 1. The van der Waals surface area contributed by atoms with Gasteiger partial charge >= 0.3 is 0 Å². The van der Waals surface area contributed by atoms with Crippen molar-refractivity contribution in [2.45, 2.75) is 53.0 Å². The van der Waals surface area contributed by atoms with Gasteiger partial charge in [0.05, 0.1) is 29.4 Å². The largest absolute Gasteiger partial charge is 0.360 e. The van der Waals surface area contributed by atoms with Crippen molar-refractivity contribution in [2.24, 2.45) is 5.92 Å². The molecule has 0 unspecified atom stereocenters. The van der Waals surface area contributed by atoms with Crippen LogP contribution in [0.2, 0.25) is 0 Å². The lowest BCUT2D eigenvalue weighted by molar-refractivity contribution is -0.120. The van der Waals surface area contributed by atoms with E-state index in [1.807, 2.05) is 13.8 Å². The summed E-state index contributed by atoms with van der Waals surface area (Å²) in [7, 11) is 0. The van der Waals surface area contributed by atoms with Crippen LogP contribution in [-0.4, -0.2) is 40.6 Å². The number of rotatable bonds is 7. The van der Waals surface area contributed by atoms with Crippen LogP contribution < -0.4 is 5.32 Å². The van der Waals surface area contributed by atoms with Crippen molar-refractivity contribution in [2.75, 3.05) is 19.6 Å². The van der Waals surface area contributed by atoms with Crippen molar-refractivity contribution in [3.8, 4) is 0 Å². The fourth-order valence-electron chi connectivity index (χ4n) is 3.37. The average molecular weight is 377 g/mol. The number of amides is 1. The summed E-state index contributed by atoms with van der Waals surface area (Å²) in [5.41, 5.74) is 2.00. The van der Waals surface area contributed by atoms with E-state index in [-0.39, 0.29) is 5.91 Å². The second kappa shape index (κ2) is 8.77. The lowest BCUT2D eigenvalue weighted by Crippen LogP contribution is -2.38. The highest BCUT2D eigenvalue weighted by Gasteiger charge is 2.21. The van der Waals surface area contributed by atoms with E-state index in [4.69, 9.17) is 4.52 Å². The first-order valence-corrected chi connectivity index (χ1v) is 10.2. The molecule has 0 atom stereocenters. The molecule has 1 amide bonds. The highest BCUT2D eigenvalue weighted by molar-refractivity contribution is 7.11. The van der Waals surface area contributed by atoms with Crippen LogP contribution in [0, 0.1) is 19.8 Å². The third kappa shape index (κ3) is 5.14. The maximum atomic E-state index is 12.2. The monoisotopic (exact) mass is 376 g/mol. The maximum Gasteiger partial charge on any atom is 0.225 e. The Bertz CT molecular complexity index is 732. The van der Waals surface area contributed by atoms with E-state index in [0.29, 0.717) is 12.3 Å². The number of nitrogens with one attached hydrogen (secondary N) is 1. The van der Waals surface area contributed by atoms with Gasteiger partial charge in [0.25, 0.3) is 0 Å². The summed E-state index contributed by atoms with van der Waals surface area (Å²) in [6, 6.07) is 2.05. The van der Waals surface area contributed by atoms with Gasteiger partial charge in [0, 0.05) is 17.5 Å². The second-order valence-electron chi connectivity index (χ2n) is 7.08. The van der Waals surface area contributed by atoms with E-state index < -0.39 is 0 Å². The van der Waals surface area contributed by atoms with Crippen LogP contribution in [0.25, 0.3) is 0 Å². The first-order valence-electron chi connectivity index (χ1n) is 9.40. The van der Waals surface area contributed by atoms with E-state index in [0.717, 1.165) is 72.5 Å². The fourth-order valence-corrected chi connectivity index (χ4v) is 4.31. The quantitative estimate of drug-likeness (QED) is 0.804. The molecule has 2 aromatic rings. The summed E-state index contributed by atoms with van der Waals surface area (Å²) in [6.45, 7) is 9.71. The molecule has 0 aromatic carbocycles. The Hall–Kier alpha value is -1.73. The van der Waals surface area contributed by atoms with Crippen LogP contribution in [0.4, 0.5) is 0 Å². The molecule has 7 heteroatoms. The van der Waals surface area contributed by atoms with E-state index in [1.165, 1.54) is 0 Å². The number of hydrogen-bond donors (Lipinski definition) is 1. The molecule has 0 aliphatic carbocycles. The number of hydrogen-bond acceptors (Lipinski definition) is 6. The standard InChI is InChI=1S/C19H28N4O2S/c1-4-16-9-17(25-22-16)12-23-7-5-15(6-8-23)11-20-19(24)10-18-13(2)21-14(3)26-18/h9,15H,4-8,10-12H2,1-3H3,(H,20,24). The summed E-state index contributed by atoms with van der Waals surface area (Å²) in [5.74, 6) is 1.61. The molecule has 1 aliphatic heterocycles. The van der Waals surface area contributed by atoms with Crippen LogP contribution in [0.1, 0.15) is 46.8 Å². The minimum Gasteiger partial charge on any atom is -0.360 e. The van der Waals surface area contributed by atoms with Crippen LogP contribution >= 0.6 is 11.3 Å². The SMILES string of the molecule is CCc1cc(CN2CCC(CNC(=O)Cc3sc(C)nc3C)CC2)on1. The number of likely N-dealkylation sites (tertiary alicyclic amines) is 1. The normalized spacial score (nSPS) is 16.1. The van der Waals surface area contributed by atoms with Crippen molar-refractivity contribution in [3.05, 3.63) is 33.1 Å². The van der Waals surface area contributed by atoms with Gasteiger partial charge in [-0.15, -0.1) is 11.3 Å². The zero-order valence-electron chi connectivity index (χ0n) is 15.9. The Balaban J connectivity index is 1.37. The van der Waals surface area contributed by atoms with Gasteiger partial charge in [-0.1, -0.05) is 12.1 Å². The molecule has 0 saturated carbocycles. The Morgan fingerprint density at radius 3 is 2.77 bits per heavy atom. The molecule has 6 nitrogen and oxygen atoms in total. The molecule has 142 valence electrons. The Labute approximate surface area is 159 Å². The third-order valence-electron chi connectivity index (χ3n) is 4.97. The van der Waals surface area contributed by atoms with Crippen molar-refractivity contribution in [1.29, 1.82) is 0 Å². The van der Waals surface area contributed by atoms with Gasteiger partial charge in [0.15, 0.2) is 5.76 Å². The predicted molar refractivity (Wildman–Crippen MR) is 102 cm³/mol. The Kier molecular flexibility index (Phi) is 6.43. The molecule has 0 spiro atoms. The number of carbonyl (C=O) groups excluding carboxylic acids is 1. The molecule has 3 rings (SSSR count). The van der Waals surface area contributed by atoms with Gasteiger partial charge in [-0.3, -0.25) is 9.69 Å². The first kappa shape index (κ1) is 19.0. The van der Waals surface area contributed by atoms with Crippen LogP contribution in [0.15, 0.2) is 10.6 Å². The lowest BCUT2D eigenvalue weighted by Gasteiger charge is -2.31. The van der Waals surface area contributed by atoms with Crippen molar-refractivity contribution < 1.29 is 9.32 Å². The molecule has 0 radical (unpaired) electrons. The van der Waals surface area contributed by atoms with E-state index in [9.17, 15) is 4.79 Å². The molecular weight excluding hydrogens is 348 g/mol. The smallest absolute Gasteiger partial charge is 0.225 e. The average Bonchev–Trinajstić information content (AvgIpc) is 3.20. The molecular formula is C19H28N4O2S. The predicted octanol–water partition coefficient (Wildman–Crippen LogP) is 2.88. The van der Waals surface area contributed by atoms with Gasteiger partial charge in [-0.2, -0.15) is 0 Å². The van der Waals surface area contributed by atoms with Gasteiger partial charge < -0.3 is 9.84 Å². The summed E-state index contributed by atoms with van der Waals surface area (Å²) in [5, 5.41) is 8.18. The van der Waals surface area contributed by atoms with Crippen LogP contribution in [-0.2, 0) is 24.2 Å². The summed E-state index contributed by atoms with van der Waals surface area (Å²) in [4.78, 5) is 20.1. The highest BCUT2D eigenvalue weighted by atomic mass is 32.1. The molecule has 0 bridgehead atoms. The van der Waals surface area contributed by atoms with E-state index >= 15 is 0 Å². The maximum absolute atomic E-state index is 12.2. The van der Waals surface area contributed by atoms with E-state index in [1.54, 1.807) is 11.3 Å². The van der Waals surface area contributed by atoms with Crippen molar-refractivity contribution in [3.63, 3.8) is 0 Å². The topological polar surface area (TPSA) is 71.3 Å². The zero-order valence-corrected chi connectivity index (χ0v) is 16.7.